The minimum absolute atomic E-state index is 0.000451. The zero-order valence-electron chi connectivity index (χ0n) is 9.20. The Morgan fingerprint density at radius 3 is 2.41 bits per heavy atom. The van der Waals surface area contributed by atoms with E-state index >= 15 is 0 Å². The molecule has 1 heterocycles. The Morgan fingerprint density at radius 2 is 1.88 bits per heavy atom. The van der Waals surface area contributed by atoms with Crippen LogP contribution in [0.4, 0.5) is 13.2 Å². The average molecular weight is 244 g/mol. The molecule has 1 aliphatic heterocycles. The van der Waals surface area contributed by atoms with Gasteiger partial charge < -0.3 is 4.74 Å². The molecule has 93 valence electrons. The van der Waals surface area contributed by atoms with Crippen LogP contribution in [0.3, 0.4) is 0 Å². The van der Waals surface area contributed by atoms with Crippen LogP contribution in [-0.4, -0.2) is 19.2 Å². The molecule has 0 aromatic heterocycles. The van der Waals surface area contributed by atoms with Gasteiger partial charge in [-0.25, -0.2) is 5.32 Å². The van der Waals surface area contributed by atoms with E-state index in [1.165, 1.54) is 12.1 Å². The summed E-state index contributed by atoms with van der Waals surface area (Å²) in [5.41, 5.74) is -0.654. The smallest absolute Gasteiger partial charge is 0.416 e. The van der Waals surface area contributed by atoms with Gasteiger partial charge in [0.15, 0.2) is 0 Å². The highest BCUT2D eigenvalue weighted by Crippen LogP contribution is 2.30. The van der Waals surface area contributed by atoms with E-state index in [-0.39, 0.29) is 6.10 Å². The summed E-state index contributed by atoms with van der Waals surface area (Å²) in [4.78, 5) is 0. The van der Waals surface area contributed by atoms with Crippen molar-refractivity contribution < 1.29 is 17.9 Å². The fourth-order valence-corrected chi connectivity index (χ4v) is 1.77. The van der Waals surface area contributed by atoms with Crippen LogP contribution >= 0.6 is 0 Å². The van der Waals surface area contributed by atoms with Crippen LogP contribution < -0.4 is 10.1 Å². The highest BCUT2D eigenvalue weighted by atomic mass is 19.4. The van der Waals surface area contributed by atoms with Gasteiger partial charge in [0.2, 0.25) is 0 Å². The topological polar surface area (TPSA) is 23.3 Å². The average Bonchev–Trinajstić information content (AvgIpc) is 2.30. The van der Waals surface area contributed by atoms with Gasteiger partial charge in [0.1, 0.15) is 11.9 Å². The maximum absolute atomic E-state index is 12.3. The number of hydrogen-bond donors (Lipinski definition) is 0. The minimum atomic E-state index is -4.29. The van der Waals surface area contributed by atoms with Crippen LogP contribution in [-0.2, 0) is 6.18 Å². The second-order valence-corrected chi connectivity index (χ2v) is 4.03. The molecular weight excluding hydrogens is 231 g/mol. The molecule has 0 spiro atoms. The summed E-state index contributed by atoms with van der Waals surface area (Å²) in [6.45, 7) is 1.48. The maximum atomic E-state index is 12.3. The van der Waals surface area contributed by atoms with Gasteiger partial charge in [0.05, 0.1) is 12.1 Å². The summed E-state index contributed by atoms with van der Waals surface area (Å²) in [6.07, 6.45) is -2.41. The zero-order valence-corrected chi connectivity index (χ0v) is 9.20. The molecule has 17 heavy (non-hydrogen) atoms. The molecule has 0 amide bonds. The Hall–Kier alpha value is -1.23. The number of benzene rings is 1. The third-order valence-corrected chi connectivity index (χ3v) is 2.66. The van der Waals surface area contributed by atoms with Gasteiger partial charge in [0.25, 0.3) is 0 Å². The predicted octanol–water partition coefficient (Wildman–Crippen LogP) is 2.85. The maximum Gasteiger partial charge on any atom is 0.416 e. The van der Waals surface area contributed by atoms with Gasteiger partial charge >= 0.3 is 6.18 Å². The Morgan fingerprint density at radius 1 is 1.18 bits per heavy atom. The van der Waals surface area contributed by atoms with E-state index in [1.54, 1.807) is 0 Å². The summed E-state index contributed by atoms with van der Waals surface area (Å²) >= 11 is 0. The van der Waals surface area contributed by atoms with Gasteiger partial charge in [-0.2, -0.15) is 13.2 Å². The fraction of sp³-hybridized carbons (Fsp3) is 0.500. The van der Waals surface area contributed by atoms with Crippen LogP contribution in [0.15, 0.2) is 24.3 Å². The van der Waals surface area contributed by atoms with Crippen LogP contribution in [0.1, 0.15) is 18.4 Å². The molecule has 0 N–H and O–H groups in total. The standard InChI is InChI=1S/C12H13F3NO/c13-12(14,15)9-3-5-10(6-4-9)17-11-2-1-7-16-8-11/h3-6,11H,1-2,7-8H2. The first-order valence-electron chi connectivity index (χ1n) is 5.53. The quantitative estimate of drug-likeness (QED) is 0.784. The van der Waals surface area contributed by atoms with E-state index in [4.69, 9.17) is 4.74 Å². The van der Waals surface area contributed by atoms with E-state index in [1.807, 2.05) is 0 Å². The van der Waals surface area contributed by atoms with E-state index in [9.17, 15) is 13.2 Å². The Kier molecular flexibility index (Phi) is 3.57. The lowest BCUT2D eigenvalue weighted by molar-refractivity contribution is -0.137. The molecule has 1 aromatic carbocycles. The van der Waals surface area contributed by atoms with Gasteiger partial charge in [-0.1, -0.05) is 0 Å². The molecule has 1 atom stereocenters. The van der Waals surface area contributed by atoms with Gasteiger partial charge in [-0.05, 0) is 37.1 Å². The second-order valence-electron chi connectivity index (χ2n) is 4.03. The Labute approximate surface area is 97.8 Å². The van der Waals surface area contributed by atoms with Crippen molar-refractivity contribution in [3.05, 3.63) is 29.8 Å². The van der Waals surface area contributed by atoms with Crippen molar-refractivity contribution in [1.29, 1.82) is 0 Å². The summed E-state index contributed by atoms with van der Waals surface area (Å²) < 4.78 is 42.5. The number of piperidine rings is 1. The van der Waals surface area contributed by atoms with Crippen molar-refractivity contribution in [3.63, 3.8) is 0 Å². The summed E-state index contributed by atoms with van der Waals surface area (Å²) in [5.74, 6) is 0.472. The monoisotopic (exact) mass is 244 g/mol. The Balaban J connectivity index is 1.98. The highest BCUT2D eigenvalue weighted by molar-refractivity contribution is 5.29. The SMILES string of the molecule is FC(F)(F)c1ccc(OC2CCC[N]C2)cc1. The Bertz CT molecular complexity index is 355. The molecule has 1 aliphatic rings. The third-order valence-electron chi connectivity index (χ3n) is 2.66. The molecule has 2 nitrogen and oxygen atoms in total. The largest absolute Gasteiger partial charge is 0.489 e. The van der Waals surface area contributed by atoms with E-state index < -0.39 is 11.7 Å². The van der Waals surface area contributed by atoms with Gasteiger partial charge in [0, 0.05) is 6.54 Å². The highest BCUT2D eigenvalue weighted by Gasteiger charge is 2.30. The lowest BCUT2D eigenvalue weighted by Crippen LogP contribution is -2.33. The van der Waals surface area contributed by atoms with Crippen molar-refractivity contribution in [1.82, 2.24) is 5.32 Å². The molecule has 1 unspecified atom stereocenters. The summed E-state index contributed by atoms with van der Waals surface area (Å²) in [7, 11) is 0. The predicted molar refractivity (Wildman–Crippen MR) is 57.0 cm³/mol. The molecule has 1 saturated heterocycles. The number of alkyl halides is 3. The number of halogens is 3. The second kappa shape index (κ2) is 4.96. The normalized spacial score (nSPS) is 21.2. The van der Waals surface area contributed by atoms with Gasteiger partial charge in [-0.3, -0.25) is 0 Å². The van der Waals surface area contributed by atoms with Crippen molar-refractivity contribution >= 4 is 0 Å². The molecular formula is C12H13F3NO. The van der Waals surface area contributed by atoms with Crippen molar-refractivity contribution in [2.24, 2.45) is 0 Å². The first-order chi connectivity index (χ1) is 8.05. The molecule has 2 rings (SSSR count). The van der Waals surface area contributed by atoms with Crippen LogP contribution in [0.5, 0.6) is 5.75 Å². The first-order valence-corrected chi connectivity index (χ1v) is 5.53. The number of hydrogen-bond acceptors (Lipinski definition) is 1. The lowest BCUT2D eigenvalue weighted by Gasteiger charge is -2.22. The number of nitrogens with zero attached hydrogens (tertiary/aromatic N) is 1. The molecule has 0 aliphatic carbocycles. The van der Waals surface area contributed by atoms with Crippen molar-refractivity contribution in [2.45, 2.75) is 25.1 Å². The van der Waals surface area contributed by atoms with Crippen molar-refractivity contribution in [2.75, 3.05) is 13.1 Å². The summed E-state index contributed by atoms with van der Waals surface area (Å²) in [6, 6.07) is 4.79. The zero-order chi connectivity index (χ0) is 12.3. The van der Waals surface area contributed by atoms with E-state index in [2.05, 4.69) is 5.32 Å². The van der Waals surface area contributed by atoms with Crippen LogP contribution in [0, 0.1) is 0 Å². The summed E-state index contributed by atoms with van der Waals surface area (Å²) in [5, 5.41) is 4.21. The van der Waals surface area contributed by atoms with Crippen LogP contribution in [0.25, 0.3) is 0 Å². The molecule has 1 aromatic rings. The molecule has 1 radical (unpaired) electrons. The van der Waals surface area contributed by atoms with Crippen molar-refractivity contribution in [3.8, 4) is 5.75 Å². The molecule has 1 fully saturated rings. The number of ether oxygens (including phenoxy) is 1. The number of rotatable bonds is 2. The molecule has 5 heteroatoms. The van der Waals surface area contributed by atoms with E-state index in [0.717, 1.165) is 31.5 Å². The third kappa shape index (κ3) is 3.36. The lowest BCUT2D eigenvalue weighted by atomic mass is 10.1. The van der Waals surface area contributed by atoms with Crippen LogP contribution in [0.2, 0.25) is 0 Å². The first kappa shape index (κ1) is 12.2. The minimum Gasteiger partial charge on any atom is -0.489 e. The fourth-order valence-electron chi connectivity index (χ4n) is 1.77. The van der Waals surface area contributed by atoms with Gasteiger partial charge in [-0.15, -0.1) is 0 Å². The van der Waals surface area contributed by atoms with E-state index in [0.29, 0.717) is 12.3 Å². The molecule has 0 saturated carbocycles. The molecule has 0 bridgehead atoms.